The van der Waals surface area contributed by atoms with E-state index in [-0.39, 0.29) is 29.1 Å². The van der Waals surface area contributed by atoms with Crippen molar-refractivity contribution in [2.24, 2.45) is 0 Å². The van der Waals surface area contributed by atoms with Crippen LogP contribution in [0, 0.1) is 5.82 Å². The number of aryl methyl sites for hydroxylation is 1. The zero-order valence-corrected chi connectivity index (χ0v) is 16.4. The van der Waals surface area contributed by atoms with Crippen molar-refractivity contribution >= 4 is 39.3 Å². The topological polar surface area (TPSA) is 127 Å². The van der Waals surface area contributed by atoms with Gasteiger partial charge in [0, 0.05) is 19.3 Å². The number of nitrogens with zero attached hydrogens (tertiary/aromatic N) is 2. The van der Waals surface area contributed by atoms with Crippen molar-refractivity contribution < 1.29 is 19.0 Å². The number of anilines is 2. The van der Waals surface area contributed by atoms with E-state index in [1.165, 1.54) is 6.20 Å². The zero-order valence-electron chi connectivity index (χ0n) is 16.4. The molecule has 160 valence electrons. The Morgan fingerprint density at radius 1 is 1.35 bits per heavy atom. The average molecular weight is 425 g/mol. The van der Waals surface area contributed by atoms with Gasteiger partial charge in [-0.15, -0.1) is 0 Å². The van der Waals surface area contributed by atoms with Gasteiger partial charge in [0.15, 0.2) is 11.6 Å². The van der Waals surface area contributed by atoms with Crippen LogP contribution >= 0.6 is 0 Å². The smallest absolute Gasteiger partial charge is 0.341 e. The van der Waals surface area contributed by atoms with Crippen LogP contribution in [0.15, 0.2) is 35.3 Å². The quantitative estimate of drug-likeness (QED) is 0.278. The molecule has 0 fully saturated rings. The van der Waals surface area contributed by atoms with E-state index in [1.807, 2.05) is 28.9 Å². The number of fused-ring (bicyclic) bond motifs is 1. The molecule has 10 heteroatoms. The first-order valence-electron chi connectivity index (χ1n) is 9.88. The highest BCUT2D eigenvalue weighted by Crippen LogP contribution is 2.41. The minimum Gasteiger partial charge on any atom is -0.487 e. The number of ether oxygens (including phenoxy) is 1. The number of pyridine rings is 1. The minimum atomic E-state index is -1.38. The van der Waals surface area contributed by atoms with Crippen molar-refractivity contribution in [2.75, 3.05) is 24.2 Å². The molecule has 0 radical (unpaired) electrons. The summed E-state index contributed by atoms with van der Waals surface area (Å²) in [6, 6.07) is 7.94. The number of benzene rings is 2. The number of aromatic carboxylic acids is 1. The van der Waals surface area contributed by atoms with Crippen LogP contribution < -0.4 is 21.2 Å². The Labute approximate surface area is 174 Å². The van der Waals surface area contributed by atoms with Gasteiger partial charge in [0.2, 0.25) is 5.43 Å². The summed E-state index contributed by atoms with van der Waals surface area (Å²) in [5.74, 6) is -2.02. The Hall–Kier alpha value is -3.95. The molecule has 31 heavy (non-hydrogen) atoms. The molecular weight excluding hydrogens is 405 g/mol. The van der Waals surface area contributed by atoms with E-state index in [0.29, 0.717) is 31.6 Å². The predicted molar refractivity (Wildman–Crippen MR) is 114 cm³/mol. The molecular formula is C21H20FN5O4. The Kier molecular flexibility index (Phi) is 4.35. The molecule has 4 aromatic rings. The van der Waals surface area contributed by atoms with Gasteiger partial charge < -0.3 is 25.5 Å². The van der Waals surface area contributed by atoms with Crippen LogP contribution in [-0.4, -0.2) is 38.6 Å². The summed E-state index contributed by atoms with van der Waals surface area (Å²) in [4.78, 5) is 24.1. The van der Waals surface area contributed by atoms with Crippen LogP contribution in [0.3, 0.4) is 0 Å². The fraction of sp³-hybridized carbons (Fsp3) is 0.238. The van der Waals surface area contributed by atoms with Gasteiger partial charge in [0.05, 0.1) is 34.2 Å². The summed E-state index contributed by atoms with van der Waals surface area (Å²) < 4.78 is 24.4. The van der Waals surface area contributed by atoms with Crippen molar-refractivity contribution in [2.45, 2.75) is 19.5 Å². The lowest BCUT2D eigenvalue weighted by Gasteiger charge is -2.25. The molecule has 2 aromatic heterocycles. The molecule has 0 amide bonds. The third kappa shape index (κ3) is 2.90. The van der Waals surface area contributed by atoms with E-state index >= 15 is 4.39 Å². The number of para-hydroxylation sites is 2. The molecule has 3 heterocycles. The molecule has 0 bridgehead atoms. The van der Waals surface area contributed by atoms with E-state index in [0.717, 1.165) is 11.0 Å². The van der Waals surface area contributed by atoms with Gasteiger partial charge in [-0.2, -0.15) is 0 Å². The summed E-state index contributed by atoms with van der Waals surface area (Å²) in [6.45, 7) is 1.69. The largest absolute Gasteiger partial charge is 0.487 e. The second kappa shape index (κ2) is 7.08. The number of nitrogens with one attached hydrogen (secondary N) is 2. The number of carboxylic acids is 1. The zero-order chi connectivity index (χ0) is 21.7. The van der Waals surface area contributed by atoms with E-state index in [2.05, 4.69) is 10.4 Å². The van der Waals surface area contributed by atoms with Crippen LogP contribution in [0.1, 0.15) is 16.8 Å². The highest BCUT2D eigenvalue weighted by molar-refractivity contribution is 6.03. The Morgan fingerprint density at radius 3 is 2.94 bits per heavy atom. The standard InChI is InChI=1S/C21H20FN5O4/c22-15-16(23)14-18-20(31-9-8-26(18)10-11(19(14)28)21(29)30)17(15)24-6-3-7-27-13-5-2-1-4-12(13)25-27/h1-2,4-5,10,24-25H,3,6-9,23H2,(H,29,30). The number of nitrogen functional groups attached to an aromatic ring is 1. The maximum Gasteiger partial charge on any atom is 0.341 e. The molecule has 0 saturated carbocycles. The number of hydrogen-bond acceptors (Lipinski definition) is 5. The predicted octanol–water partition coefficient (Wildman–Crippen LogP) is 2.60. The van der Waals surface area contributed by atoms with Gasteiger partial charge in [-0.1, -0.05) is 12.1 Å². The fourth-order valence-corrected chi connectivity index (χ4v) is 4.08. The Balaban J connectivity index is 1.46. The normalized spacial score (nSPS) is 12.9. The minimum absolute atomic E-state index is 0.0814. The van der Waals surface area contributed by atoms with Gasteiger partial charge >= 0.3 is 5.97 Å². The second-order valence-electron chi connectivity index (χ2n) is 7.44. The van der Waals surface area contributed by atoms with Gasteiger partial charge in [-0.3, -0.25) is 14.6 Å². The molecule has 0 saturated heterocycles. The summed E-state index contributed by atoms with van der Waals surface area (Å²) in [5, 5.41) is 15.4. The second-order valence-corrected chi connectivity index (χ2v) is 7.44. The number of halogens is 1. The Morgan fingerprint density at radius 2 is 2.16 bits per heavy atom. The Bertz CT molecular complexity index is 1400. The molecule has 1 aliphatic heterocycles. The van der Waals surface area contributed by atoms with Crippen molar-refractivity contribution in [3.05, 3.63) is 52.1 Å². The molecule has 1 aliphatic rings. The molecule has 0 spiro atoms. The van der Waals surface area contributed by atoms with Gasteiger partial charge in [-0.05, 0) is 18.6 Å². The summed E-state index contributed by atoms with van der Waals surface area (Å²) >= 11 is 0. The number of carbonyl (C=O) groups is 1. The van der Waals surface area contributed by atoms with Crippen molar-refractivity contribution in [1.82, 2.24) is 14.3 Å². The number of carboxylic acid groups (broad SMARTS) is 1. The molecule has 0 unspecified atom stereocenters. The summed E-state index contributed by atoms with van der Waals surface area (Å²) in [6.07, 6.45) is 1.95. The highest BCUT2D eigenvalue weighted by Gasteiger charge is 2.28. The first kappa shape index (κ1) is 19.0. The van der Waals surface area contributed by atoms with E-state index in [1.54, 1.807) is 4.57 Å². The fourth-order valence-electron chi connectivity index (χ4n) is 4.08. The monoisotopic (exact) mass is 425 g/mol. The molecule has 5 rings (SSSR count). The SMILES string of the molecule is Nc1c(F)c(NCCCn2[nH]c3ccccc32)c2c3c1c(=O)c(C(=O)O)cn3CCO2. The molecule has 2 aromatic carbocycles. The first-order valence-corrected chi connectivity index (χ1v) is 9.88. The number of aromatic nitrogens is 3. The van der Waals surface area contributed by atoms with Crippen LogP contribution in [-0.2, 0) is 13.1 Å². The lowest BCUT2D eigenvalue weighted by atomic mass is 10.1. The van der Waals surface area contributed by atoms with Crippen molar-refractivity contribution in [1.29, 1.82) is 0 Å². The molecule has 9 nitrogen and oxygen atoms in total. The van der Waals surface area contributed by atoms with Crippen LogP contribution in [0.4, 0.5) is 15.8 Å². The van der Waals surface area contributed by atoms with Crippen molar-refractivity contribution in [3.8, 4) is 5.75 Å². The number of aromatic amines is 1. The number of H-pyrrole nitrogens is 1. The van der Waals surface area contributed by atoms with Crippen molar-refractivity contribution in [3.63, 3.8) is 0 Å². The molecule has 5 N–H and O–H groups in total. The lowest BCUT2D eigenvalue weighted by molar-refractivity contribution is 0.0694. The van der Waals surface area contributed by atoms with Gasteiger partial charge in [0.25, 0.3) is 0 Å². The van der Waals surface area contributed by atoms with Gasteiger partial charge in [-0.25, -0.2) is 9.18 Å². The van der Waals surface area contributed by atoms with Crippen LogP contribution in [0.2, 0.25) is 0 Å². The maximum absolute atomic E-state index is 15.1. The number of nitrogens with two attached hydrogens (primary N) is 1. The summed E-state index contributed by atoms with van der Waals surface area (Å²) in [5.41, 5.74) is 6.86. The van der Waals surface area contributed by atoms with Crippen LogP contribution in [0.25, 0.3) is 21.9 Å². The van der Waals surface area contributed by atoms with E-state index in [9.17, 15) is 14.7 Å². The number of hydrogen-bond donors (Lipinski definition) is 4. The highest BCUT2D eigenvalue weighted by atomic mass is 19.1. The average Bonchev–Trinajstić information content (AvgIpc) is 2.74. The van der Waals surface area contributed by atoms with Gasteiger partial charge in [0.1, 0.15) is 17.9 Å². The molecule has 0 aliphatic carbocycles. The van der Waals surface area contributed by atoms with E-state index < -0.39 is 22.8 Å². The lowest BCUT2D eigenvalue weighted by Crippen LogP contribution is -2.26. The summed E-state index contributed by atoms with van der Waals surface area (Å²) in [7, 11) is 0. The maximum atomic E-state index is 15.1. The third-order valence-corrected chi connectivity index (χ3v) is 5.57. The number of rotatable bonds is 6. The third-order valence-electron chi connectivity index (χ3n) is 5.57. The first-order chi connectivity index (χ1) is 15.0. The van der Waals surface area contributed by atoms with Crippen LogP contribution in [0.5, 0.6) is 5.75 Å². The molecule has 0 atom stereocenters. The van der Waals surface area contributed by atoms with E-state index in [4.69, 9.17) is 10.5 Å².